The standard InChI is InChI=1S/C23H44NP.C7H12.Ti/c1-4-7-10-15-20-25(21-16-11-8-5-2,22-17-12-9-6-3)24-23-18-13-14-19-23;1-3-5-7-6-4-2;/h13-14,18H,4-12,15-17,19-22H2,1-3H3;3,5-7H,4H2,1-2H3;. The van der Waals surface area contributed by atoms with Crippen LogP contribution < -0.4 is 0 Å². The van der Waals surface area contributed by atoms with Crippen LogP contribution in [0.25, 0.3) is 0 Å². The maximum Gasteiger partial charge on any atom is 0.0425 e. The van der Waals surface area contributed by atoms with Gasteiger partial charge in [0, 0.05) is 33.8 Å². The van der Waals surface area contributed by atoms with E-state index in [-0.39, 0.29) is 21.7 Å². The molecule has 0 aromatic heterocycles. The van der Waals surface area contributed by atoms with E-state index in [4.69, 9.17) is 4.74 Å². The average molecular weight is 510 g/mol. The summed E-state index contributed by atoms with van der Waals surface area (Å²) in [6.45, 7) is 11.1. The van der Waals surface area contributed by atoms with Crippen molar-refractivity contribution < 1.29 is 21.7 Å². The molecule has 0 unspecified atom stereocenters. The Hall–Kier alpha value is -0.0957. The Morgan fingerprint density at radius 2 is 1.27 bits per heavy atom. The van der Waals surface area contributed by atoms with Crippen molar-refractivity contribution in [3.05, 3.63) is 48.2 Å². The van der Waals surface area contributed by atoms with Crippen LogP contribution in [0.4, 0.5) is 0 Å². The third kappa shape index (κ3) is 20.9. The zero-order valence-electron chi connectivity index (χ0n) is 23.0. The van der Waals surface area contributed by atoms with Crippen molar-refractivity contribution in [1.82, 2.24) is 0 Å². The number of allylic oxidation sites excluding steroid dienone is 7. The molecule has 0 aliphatic heterocycles. The van der Waals surface area contributed by atoms with Gasteiger partial charge in [0.15, 0.2) is 0 Å². The SMILES string of the molecule is CC=CC=CCC.CCCCCCP(CCCCCC)(CCCCCC)=NC1=CC=CC1.[Ti]. The van der Waals surface area contributed by atoms with Crippen LogP contribution >= 0.6 is 7.05 Å². The molecule has 0 fully saturated rings. The fraction of sp³-hybridized carbons (Fsp3) is 0.733. The van der Waals surface area contributed by atoms with E-state index in [0.29, 0.717) is 0 Å². The van der Waals surface area contributed by atoms with Crippen molar-refractivity contribution in [1.29, 1.82) is 0 Å². The quantitative estimate of drug-likeness (QED) is 0.0754. The van der Waals surface area contributed by atoms with E-state index in [1.807, 2.05) is 19.1 Å². The molecule has 1 aliphatic carbocycles. The van der Waals surface area contributed by atoms with Gasteiger partial charge in [-0.15, -0.1) is 0 Å². The summed E-state index contributed by atoms with van der Waals surface area (Å²) < 4.78 is 5.51. The molecule has 0 radical (unpaired) electrons. The summed E-state index contributed by atoms with van der Waals surface area (Å²) in [5, 5.41) is 0. The van der Waals surface area contributed by atoms with E-state index in [0.717, 1.165) is 12.8 Å². The van der Waals surface area contributed by atoms with Crippen molar-refractivity contribution in [2.45, 2.75) is 125 Å². The van der Waals surface area contributed by atoms with Gasteiger partial charge in [-0.2, -0.15) is 0 Å². The summed E-state index contributed by atoms with van der Waals surface area (Å²) in [5.41, 5.74) is 1.38. The largest absolute Gasteiger partial charge is 0.272 e. The van der Waals surface area contributed by atoms with Crippen LogP contribution in [-0.4, -0.2) is 18.5 Å². The third-order valence-corrected chi connectivity index (χ3v) is 10.2. The Kier molecular flexibility index (Phi) is 28.2. The second kappa shape index (κ2) is 26.5. The van der Waals surface area contributed by atoms with E-state index in [9.17, 15) is 0 Å². The van der Waals surface area contributed by atoms with Crippen molar-refractivity contribution in [2.75, 3.05) is 18.5 Å². The zero-order chi connectivity index (χ0) is 23.8. The molecule has 1 aliphatic rings. The monoisotopic (exact) mass is 509 g/mol. The molecule has 1 rings (SSSR count). The van der Waals surface area contributed by atoms with Crippen LogP contribution in [0.3, 0.4) is 0 Å². The molecule has 0 aromatic rings. The van der Waals surface area contributed by atoms with Crippen LogP contribution in [0, 0.1) is 0 Å². The molecule has 0 saturated carbocycles. The summed E-state index contributed by atoms with van der Waals surface area (Å²) in [5.74, 6) is 0. The normalized spacial score (nSPS) is 13.2. The van der Waals surface area contributed by atoms with Gasteiger partial charge in [-0.25, -0.2) is 0 Å². The van der Waals surface area contributed by atoms with Gasteiger partial charge in [0.25, 0.3) is 0 Å². The van der Waals surface area contributed by atoms with Crippen LogP contribution in [0.15, 0.2) is 53.0 Å². The Morgan fingerprint density at radius 1 is 0.758 bits per heavy atom. The van der Waals surface area contributed by atoms with Gasteiger partial charge in [-0.3, -0.25) is 4.74 Å². The Bertz CT molecular complexity index is 548. The molecular weight excluding hydrogens is 453 g/mol. The summed E-state index contributed by atoms with van der Waals surface area (Å²) >= 11 is 0. The molecule has 0 aromatic carbocycles. The first-order valence-corrected chi connectivity index (χ1v) is 16.2. The third-order valence-electron chi connectivity index (χ3n) is 6.05. The Balaban J connectivity index is 0. The molecule has 0 amide bonds. The second-order valence-electron chi connectivity index (χ2n) is 9.20. The van der Waals surface area contributed by atoms with Gasteiger partial charge in [-0.05, 0) is 64.2 Å². The number of hydrogen-bond donors (Lipinski definition) is 0. The zero-order valence-corrected chi connectivity index (χ0v) is 25.4. The van der Waals surface area contributed by atoms with E-state index >= 15 is 0 Å². The number of rotatable bonds is 18. The predicted octanol–water partition coefficient (Wildman–Crippen LogP) is 11.3. The minimum atomic E-state index is -1.15. The molecule has 3 heteroatoms. The van der Waals surface area contributed by atoms with E-state index in [1.54, 1.807) is 0 Å². The maximum atomic E-state index is 5.51. The summed E-state index contributed by atoms with van der Waals surface area (Å²) in [6, 6.07) is 0. The molecule has 0 atom stereocenters. The summed E-state index contributed by atoms with van der Waals surface area (Å²) in [4.78, 5) is 0. The van der Waals surface area contributed by atoms with Crippen LogP contribution in [0.2, 0.25) is 0 Å². The Morgan fingerprint density at radius 3 is 1.64 bits per heavy atom. The number of nitrogens with zero attached hydrogens (tertiary/aromatic N) is 1. The van der Waals surface area contributed by atoms with Crippen molar-refractivity contribution in [3.8, 4) is 0 Å². The first-order valence-electron chi connectivity index (χ1n) is 13.9. The molecule has 0 bridgehead atoms. The van der Waals surface area contributed by atoms with Crippen molar-refractivity contribution in [3.63, 3.8) is 0 Å². The van der Waals surface area contributed by atoms with Gasteiger partial charge >= 0.3 is 0 Å². The average Bonchev–Trinajstić information content (AvgIpc) is 3.31. The topological polar surface area (TPSA) is 12.4 Å². The molecule has 190 valence electrons. The van der Waals surface area contributed by atoms with Gasteiger partial charge in [0.1, 0.15) is 0 Å². The summed E-state index contributed by atoms with van der Waals surface area (Å²) in [7, 11) is -1.15. The van der Waals surface area contributed by atoms with Crippen molar-refractivity contribution >= 4 is 7.05 Å². The van der Waals surface area contributed by atoms with E-state index in [1.165, 1.54) is 101 Å². The molecule has 33 heavy (non-hydrogen) atoms. The van der Waals surface area contributed by atoms with Crippen LogP contribution in [0.1, 0.15) is 125 Å². The van der Waals surface area contributed by atoms with E-state index < -0.39 is 7.05 Å². The maximum absolute atomic E-state index is 5.51. The van der Waals surface area contributed by atoms with Gasteiger partial charge in [-0.1, -0.05) is 122 Å². The van der Waals surface area contributed by atoms with Crippen molar-refractivity contribution in [2.24, 2.45) is 4.74 Å². The first-order chi connectivity index (χ1) is 15.7. The Labute approximate surface area is 224 Å². The molecule has 1 nitrogen and oxygen atoms in total. The fourth-order valence-corrected chi connectivity index (χ4v) is 8.19. The van der Waals surface area contributed by atoms with Gasteiger partial charge < -0.3 is 0 Å². The summed E-state index contributed by atoms with van der Waals surface area (Å²) in [6.07, 6.45) is 38.1. The molecule has 0 saturated heterocycles. The van der Waals surface area contributed by atoms with Gasteiger partial charge in [0.2, 0.25) is 0 Å². The molecular formula is C30H56NPTi. The fourth-order valence-electron chi connectivity index (χ4n) is 4.09. The first kappa shape index (κ1) is 35.1. The molecule has 0 heterocycles. The predicted molar refractivity (Wildman–Crippen MR) is 152 cm³/mol. The minimum Gasteiger partial charge on any atom is -0.272 e. The molecule has 0 spiro atoms. The second-order valence-corrected chi connectivity index (χ2v) is 12.9. The molecule has 0 N–H and O–H groups in total. The van der Waals surface area contributed by atoms with Gasteiger partial charge in [0.05, 0.1) is 0 Å². The van der Waals surface area contributed by atoms with Crippen LogP contribution in [-0.2, 0) is 21.7 Å². The smallest absolute Gasteiger partial charge is 0.0425 e. The minimum absolute atomic E-state index is 0. The van der Waals surface area contributed by atoms with Crippen LogP contribution in [0.5, 0.6) is 0 Å². The number of hydrogen-bond acceptors (Lipinski definition) is 1. The number of unbranched alkanes of at least 4 members (excludes halogenated alkanes) is 9. The van der Waals surface area contributed by atoms with E-state index in [2.05, 4.69) is 58.1 Å².